The third-order valence-electron chi connectivity index (χ3n) is 6.08. The summed E-state index contributed by atoms with van der Waals surface area (Å²) in [5.41, 5.74) is 0.110. The quantitative estimate of drug-likeness (QED) is 0.430. The summed E-state index contributed by atoms with van der Waals surface area (Å²) in [6.07, 6.45) is 2.50. The average Bonchev–Trinajstić information content (AvgIpc) is 2.90. The van der Waals surface area contributed by atoms with Gasteiger partial charge in [0.15, 0.2) is 0 Å². The summed E-state index contributed by atoms with van der Waals surface area (Å²) in [6.45, 7) is 4.26. The molecular weight excluding hydrogens is 458 g/mol. The van der Waals surface area contributed by atoms with Gasteiger partial charge in [0.05, 0.1) is 5.69 Å². The van der Waals surface area contributed by atoms with Crippen LogP contribution in [0.15, 0.2) is 88.8 Å². The zero-order chi connectivity index (χ0) is 24.9. The third kappa shape index (κ3) is 5.08. The number of nitrogens with zero attached hydrogens (tertiary/aromatic N) is 5. The van der Waals surface area contributed by atoms with Crippen LogP contribution in [0, 0.1) is 0 Å². The molecule has 1 aliphatic rings. The van der Waals surface area contributed by atoms with Crippen molar-refractivity contribution in [3.05, 3.63) is 111 Å². The van der Waals surface area contributed by atoms with Crippen molar-refractivity contribution < 1.29 is 4.79 Å². The first-order valence-corrected chi connectivity index (χ1v) is 11.6. The minimum atomic E-state index is -0.716. The van der Waals surface area contributed by atoms with Gasteiger partial charge in [-0.1, -0.05) is 48.5 Å². The molecule has 0 radical (unpaired) electrons. The SMILES string of the molecule is O=C(Nc1cc(N2CCN(Cc3ccccc3)CC2)ncn1)c1c[nH]c(=O)n(-c2ccccc2)c1=O. The van der Waals surface area contributed by atoms with Gasteiger partial charge in [-0.05, 0) is 17.7 Å². The highest BCUT2D eigenvalue weighted by Crippen LogP contribution is 2.17. The molecule has 1 amide bonds. The van der Waals surface area contributed by atoms with Crippen LogP contribution in [0.1, 0.15) is 15.9 Å². The van der Waals surface area contributed by atoms with E-state index in [1.807, 2.05) is 18.2 Å². The number of aromatic nitrogens is 4. The second-order valence-electron chi connectivity index (χ2n) is 8.45. The topological polar surface area (TPSA) is 116 Å². The number of anilines is 2. The monoisotopic (exact) mass is 483 g/mol. The molecule has 10 heteroatoms. The van der Waals surface area contributed by atoms with E-state index in [2.05, 4.69) is 42.2 Å². The van der Waals surface area contributed by atoms with E-state index in [0.717, 1.165) is 43.5 Å². The number of nitrogens with one attached hydrogen (secondary N) is 2. The molecule has 1 fully saturated rings. The highest BCUT2D eigenvalue weighted by molar-refractivity contribution is 6.03. The Hall–Kier alpha value is -4.57. The highest BCUT2D eigenvalue weighted by Gasteiger charge is 2.20. The lowest BCUT2D eigenvalue weighted by molar-refractivity contribution is 0.102. The maximum atomic E-state index is 12.9. The fourth-order valence-electron chi connectivity index (χ4n) is 4.20. The van der Waals surface area contributed by atoms with Gasteiger partial charge in [-0.2, -0.15) is 0 Å². The van der Waals surface area contributed by atoms with Crippen LogP contribution in [0.2, 0.25) is 0 Å². The maximum absolute atomic E-state index is 12.9. The Bertz CT molecular complexity index is 1460. The van der Waals surface area contributed by atoms with Gasteiger partial charge in [0.1, 0.15) is 23.5 Å². The Morgan fingerprint density at radius 1 is 0.917 bits per heavy atom. The van der Waals surface area contributed by atoms with Crippen LogP contribution >= 0.6 is 0 Å². The zero-order valence-corrected chi connectivity index (χ0v) is 19.5. The van der Waals surface area contributed by atoms with E-state index in [4.69, 9.17) is 0 Å². The third-order valence-corrected chi connectivity index (χ3v) is 6.08. The van der Waals surface area contributed by atoms with Gasteiger partial charge in [-0.25, -0.2) is 19.3 Å². The predicted molar refractivity (Wildman–Crippen MR) is 137 cm³/mol. The number of hydrogen-bond donors (Lipinski definition) is 2. The molecule has 5 rings (SSSR count). The van der Waals surface area contributed by atoms with Crippen molar-refractivity contribution in [1.29, 1.82) is 0 Å². The van der Waals surface area contributed by atoms with E-state index < -0.39 is 17.2 Å². The molecule has 4 aromatic rings. The van der Waals surface area contributed by atoms with Crippen LogP contribution in [-0.4, -0.2) is 56.5 Å². The summed E-state index contributed by atoms with van der Waals surface area (Å²) in [7, 11) is 0. The van der Waals surface area contributed by atoms with Crippen molar-refractivity contribution in [2.75, 3.05) is 36.4 Å². The van der Waals surface area contributed by atoms with Gasteiger partial charge >= 0.3 is 5.69 Å². The van der Waals surface area contributed by atoms with Crippen LogP contribution in [-0.2, 0) is 6.54 Å². The number of rotatable bonds is 6. The average molecular weight is 484 g/mol. The lowest BCUT2D eigenvalue weighted by Gasteiger charge is -2.35. The lowest BCUT2D eigenvalue weighted by atomic mass is 10.2. The summed E-state index contributed by atoms with van der Waals surface area (Å²) in [5, 5.41) is 2.66. The molecular formula is C26H25N7O3. The number of hydrogen-bond acceptors (Lipinski definition) is 7. The van der Waals surface area contributed by atoms with Gasteiger partial charge in [0.2, 0.25) is 0 Å². The number of para-hydroxylation sites is 1. The summed E-state index contributed by atoms with van der Waals surface area (Å²) in [4.78, 5) is 53.6. The van der Waals surface area contributed by atoms with Crippen LogP contribution in [0.5, 0.6) is 0 Å². The fourth-order valence-corrected chi connectivity index (χ4v) is 4.20. The molecule has 0 unspecified atom stereocenters. The maximum Gasteiger partial charge on any atom is 0.333 e. The standard InChI is InChI=1S/C26H25N7O3/c34-24(21-16-27-26(36)33(25(21)35)20-9-5-2-6-10-20)30-22-15-23(29-18-28-22)32-13-11-31(12-14-32)17-19-7-3-1-4-8-19/h1-10,15-16,18H,11-14,17H2,(H,27,36)(H,28,29,30,34). The van der Waals surface area contributed by atoms with Crippen LogP contribution in [0.3, 0.4) is 0 Å². The molecule has 2 N–H and O–H groups in total. The second kappa shape index (κ2) is 10.4. The summed E-state index contributed by atoms with van der Waals surface area (Å²) >= 11 is 0. The normalized spacial score (nSPS) is 13.9. The summed E-state index contributed by atoms with van der Waals surface area (Å²) < 4.78 is 0.926. The first-order valence-electron chi connectivity index (χ1n) is 11.6. The Kier molecular flexibility index (Phi) is 6.67. The fraction of sp³-hybridized carbons (Fsp3) is 0.192. The molecule has 182 valence electrons. The van der Waals surface area contributed by atoms with Gasteiger partial charge in [0, 0.05) is 45.0 Å². The number of aromatic amines is 1. The molecule has 0 atom stereocenters. The minimum absolute atomic E-state index is 0.201. The number of carbonyl (C=O) groups excluding carboxylic acids is 1. The Labute approximate surface area is 206 Å². The predicted octanol–water partition coefficient (Wildman–Crippen LogP) is 1.89. The lowest BCUT2D eigenvalue weighted by Crippen LogP contribution is -2.46. The van der Waals surface area contributed by atoms with Crippen molar-refractivity contribution in [1.82, 2.24) is 24.4 Å². The molecule has 1 saturated heterocycles. The van der Waals surface area contributed by atoms with E-state index in [1.54, 1.807) is 36.4 Å². The van der Waals surface area contributed by atoms with E-state index in [1.165, 1.54) is 11.9 Å². The molecule has 0 aliphatic carbocycles. The number of carbonyl (C=O) groups is 1. The van der Waals surface area contributed by atoms with Gasteiger partial charge in [-0.3, -0.25) is 14.5 Å². The van der Waals surface area contributed by atoms with Crippen molar-refractivity contribution in [3.63, 3.8) is 0 Å². The second-order valence-corrected chi connectivity index (χ2v) is 8.45. The molecule has 2 aromatic heterocycles. The van der Waals surface area contributed by atoms with E-state index >= 15 is 0 Å². The van der Waals surface area contributed by atoms with Crippen LogP contribution in [0.25, 0.3) is 5.69 Å². The highest BCUT2D eigenvalue weighted by atomic mass is 16.2. The number of amides is 1. The number of H-pyrrole nitrogens is 1. The molecule has 0 bridgehead atoms. The van der Waals surface area contributed by atoms with Gasteiger partial charge < -0.3 is 15.2 Å². The summed E-state index contributed by atoms with van der Waals surface area (Å²) in [5.74, 6) is 0.301. The Morgan fingerprint density at radius 3 is 2.33 bits per heavy atom. The van der Waals surface area contributed by atoms with Gasteiger partial charge in [-0.15, -0.1) is 0 Å². The van der Waals surface area contributed by atoms with Crippen molar-refractivity contribution in [2.45, 2.75) is 6.54 Å². The van der Waals surface area contributed by atoms with E-state index in [9.17, 15) is 14.4 Å². The molecule has 10 nitrogen and oxygen atoms in total. The van der Waals surface area contributed by atoms with Crippen molar-refractivity contribution >= 4 is 17.5 Å². The van der Waals surface area contributed by atoms with Crippen LogP contribution < -0.4 is 21.5 Å². The van der Waals surface area contributed by atoms with Crippen molar-refractivity contribution in [3.8, 4) is 5.69 Å². The summed E-state index contributed by atoms with van der Waals surface area (Å²) in [6, 6.07) is 20.5. The first kappa shape index (κ1) is 23.2. The minimum Gasteiger partial charge on any atom is -0.354 e. The number of benzene rings is 2. The molecule has 1 aliphatic heterocycles. The molecule has 2 aromatic carbocycles. The van der Waals surface area contributed by atoms with Crippen LogP contribution in [0.4, 0.5) is 11.6 Å². The molecule has 3 heterocycles. The van der Waals surface area contributed by atoms with E-state index in [-0.39, 0.29) is 11.4 Å². The molecule has 0 spiro atoms. The Morgan fingerprint density at radius 2 is 1.61 bits per heavy atom. The van der Waals surface area contributed by atoms with E-state index in [0.29, 0.717) is 11.5 Å². The van der Waals surface area contributed by atoms with Crippen molar-refractivity contribution in [2.24, 2.45) is 0 Å². The molecule has 36 heavy (non-hydrogen) atoms. The van der Waals surface area contributed by atoms with Gasteiger partial charge in [0.25, 0.3) is 11.5 Å². The smallest absolute Gasteiger partial charge is 0.333 e. The molecule has 0 saturated carbocycles. The Balaban J connectivity index is 1.27. The zero-order valence-electron chi connectivity index (χ0n) is 19.5. The largest absolute Gasteiger partial charge is 0.354 e. The first-order chi connectivity index (χ1) is 17.6. The number of piperazine rings is 1.